The highest BCUT2D eigenvalue weighted by Gasteiger charge is 2.17. The maximum atomic E-state index is 5.95. The molecule has 0 aliphatic rings. The summed E-state index contributed by atoms with van der Waals surface area (Å²) < 4.78 is 27.4. The summed E-state index contributed by atoms with van der Waals surface area (Å²) in [6.45, 7) is 1.92. The van der Waals surface area contributed by atoms with Gasteiger partial charge in [0.15, 0.2) is 23.0 Å². The van der Waals surface area contributed by atoms with E-state index in [1.165, 1.54) is 0 Å². The van der Waals surface area contributed by atoms with Gasteiger partial charge < -0.3 is 18.9 Å². The van der Waals surface area contributed by atoms with E-state index in [0.717, 1.165) is 27.9 Å². The number of ether oxygens (including phenoxy) is 4. The van der Waals surface area contributed by atoms with Crippen LogP contribution in [0.4, 0.5) is 0 Å². The van der Waals surface area contributed by atoms with E-state index in [1.54, 1.807) is 28.4 Å². The first kappa shape index (κ1) is 18.6. The second-order valence-corrected chi connectivity index (χ2v) is 5.96. The van der Waals surface area contributed by atoms with Crippen molar-refractivity contribution >= 4 is 22.9 Å². The van der Waals surface area contributed by atoms with Crippen LogP contribution in [0.1, 0.15) is 17.1 Å². The Bertz CT molecular complexity index is 992. The SMILES string of the molecule is COc1ccc(C=Cc2[o+]c(C)cc3cc(OC)c(OC)cc23)cc1OC. The quantitative estimate of drug-likeness (QED) is 0.559. The van der Waals surface area contributed by atoms with Gasteiger partial charge in [0.25, 0.3) is 0 Å². The highest BCUT2D eigenvalue weighted by Crippen LogP contribution is 2.35. The summed E-state index contributed by atoms with van der Waals surface area (Å²) >= 11 is 0. The first-order chi connectivity index (χ1) is 13.1. The molecule has 1 heterocycles. The molecule has 0 saturated heterocycles. The fourth-order valence-electron chi connectivity index (χ4n) is 2.96. The van der Waals surface area contributed by atoms with Crippen molar-refractivity contribution in [3.05, 3.63) is 53.5 Å². The first-order valence-electron chi connectivity index (χ1n) is 8.49. The molecule has 0 saturated carbocycles. The summed E-state index contributed by atoms with van der Waals surface area (Å²) in [4.78, 5) is 0. The van der Waals surface area contributed by atoms with Crippen molar-refractivity contribution in [3.63, 3.8) is 0 Å². The molecule has 5 nitrogen and oxygen atoms in total. The van der Waals surface area contributed by atoms with Gasteiger partial charge in [0, 0.05) is 23.6 Å². The molecule has 0 bridgehead atoms. The van der Waals surface area contributed by atoms with E-state index in [0.29, 0.717) is 23.0 Å². The van der Waals surface area contributed by atoms with E-state index in [2.05, 4.69) is 0 Å². The Morgan fingerprint density at radius 1 is 0.704 bits per heavy atom. The first-order valence-corrected chi connectivity index (χ1v) is 8.49. The van der Waals surface area contributed by atoms with Gasteiger partial charge >= 0.3 is 11.5 Å². The zero-order valence-corrected chi connectivity index (χ0v) is 16.2. The number of fused-ring (bicyclic) bond motifs is 1. The topological polar surface area (TPSA) is 48.2 Å². The molecule has 3 rings (SSSR count). The van der Waals surface area contributed by atoms with Crippen LogP contribution in [0, 0.1) is 6.92 Å². The van der Waals surface area contributed by atoms with E-state index in [1.807, 2.05) is 55.5 Å². The van der Waals surface area contributed by atoms with Crippen molar-refractivity contribution < 1.29 is 23.4 Å². The molecule has 5 heteroatoms. The second-order valence-electron chi connectivity index (χ2n) is 5.96. The molecule has 0 spiro atoms. The molecule has 0 radical (unpaired) electrons. The monoisotopic (exact) mass is 367 g/mol. The number of aryl methyl sites for hydroxylation is 1. The van der Waals surface area contributed by atoms with Crippen LogP contribution in [-0.4, -0.2) is 28.4 Å². The van der Waals surface area contributed by atoms with Crippen LogP contribution in [0.25, 0.3) is 22.9 Å². The third-order valence-corrected chi connectivity index (χ3v) is 4.29. The molecule has 3 aromatic rings. The molecule has 0 unspecified atom stereocenters. The molecule has 0 aliphatic heterocycles. The van der Waals surface area contributed by atoms with E-state index in [9.17, 15) is 0 Å². The van der Waals surface area contributed by atoms with Crippen molar-refractivity contribution in [2.24, 2.45) is 0 Å². The van der Waals surface area contributed by atoms with Crippen molar-refractivity contribution in [2.75, 3.05) is 28.4 Å². The molecular formula is C22H23O5+. The molecule has 0 aliphatic carbocycles. The molecule has 0 amide bonds. The number of hydrogen-bond acceptors (Lipinski definition) is 4. The summed E-state index contributed by atoms with van der Waals surface area (Å²) in [7, 11) is 6.48. The zero-order chi connectivity index (χ0) is 19.4. The maximum absolute atomic E-state index is 5.95. The van der Waals surface area contributed by atoms with Gasteiger partial charge in [-0.15, -0.1) is 0 Å². The van der Waals surface area contributed by atoms with Crippen LogP contribution >= 0.6 is 0 Å². The van der Waals surface area contributed by atoms with Gasteiger partial charge in [-0.1, -0.05) is 6.07 Å². The molecule has 1 aromatic heterocycles. The van der Waals surface area contributed by atoms with Crippen LogP contribution in [0.2, 0.25) is 0 Å². The summed E-state index contributed by atoms with van der Waals surface area (Å²) in [5.41, 5.74) is 0.970. The van der Waals surface area contributed by atoms with E-state index in [4.69, 9.17) is 23.4 Å². The Hall–Kier alpha value is -3.21. The van der Waals surface area contributed by atoms with Gasteiger partial charge in [0.05, 0.1) is 40.7 Å². The van der Waals surface area contributed by atoms with Crippen molar-refractivity contribution in [1.29, 1.82) is 0 Å². The number of methoxy groups -OCH3 is 4. The number of benzene rings is 2. The van der Waals surface area contributed by atoms with Crippen LogP contribution in [0.15, 0.2) is 40.8 Å². The molecule has 140 valence electrons. The highest BCUT2D eigenvalue weighted by molar-refractivity contribution is 5.93. The van der Waals surface area contributed by atoms with Crippen LogP contribution in [0.3, 0.4) is 0 Å². The summed E-state index contributed by atoms with van der Waals surface area (Å²) in [5.74, 6) is 4.26. The highest BCUT2D eigenvalue weighted by atomic mass is 16.5. The maximum Gasteiger partial charge on any atom is 0.360 e. The van der Waals surface area contributed by atoms with Gasteiger partial charge in [0.2, 0.25) is 0 Å². The lowest BCUT2D eigenvalue weighted by molar-refractivity contribution is 0.355. The van der Waals surface area contributed by atoms with Gasteiger partial charge in [-0.05, 0) is 29.8 Å². The van der Waals surface area contributed by atoms with Crippen LogP contribution in [-0.2, 0) is 0 Å². The number of hydrogen-bond donors (Lipinski definition) is 0. The predicted molar refractivity (Wildman–Crippen MR) is 107 cm³/mol. The third kappa shape index (κ3) is 3.82. The predicted octanol–water partition coefficient (Wildman–Crippen LogP) is 5.23. The lowest BCUT2D eigenvalue weighted by Crippen LogP contribution is -1.92. The standard InChI is InChI=1S/C22H23O5/c1-14-10-16-12-21(25-4)22(26-5)13-17(16)18(27-14)8-6-15-7-9-19(23-2)20(11-15)24-3/h6-13H,1-5H3/q+1. The summed E-state index contributed by atoms with van der Waals surface area (Å²) in [6, 6.07) is 11.6. The fraction of sp³-hybridized carbons (Fsp3) is 0.227. The minimum Gasteiger partial charge on any atom is -0.493 e. The Morgan fingerprint density at radius 3 is 2.00 bits per heavy atom. The summed E-state index contributed by atoms with van der Waals surface area (Å²) in [5, 5.41) is 1.96. The zero-order valence-electron chi connectivity index (χ0n) is 16.2. The Kier molecular flexibility index (Phi) is 5.50. The van der Waals surface area contributed by atoms with Crippen molar-refractivity contribution in [3.8, 4) is 23.0 Å². The average molecular weight is 367 g/mol. The second kappa shape index (κ2) is 7.99. The number of rotatable bonds is 6. The van der Waals surface area contributed by atoms with Crippen molar-refractivity contribution in [2.45, 2.75) is 6.92 Å². The normalized spacial score (nSPS) is 11.0. The minimum atomic E-state index is 0.657. The molecule has 0 atom stereocenters. The molecule has 2 aromatic carbocycles. The van der Waals surface area contributed by atoms with Gasteiger partial charge in [-0.3, -0.25) is 0 Å². The molecule has 0 fully saturated rings. The van der Waals surface area contributed by atoms with E-state index < -0.39 is 0 Å². The van der Waals surface area contributed by atoms with Crippen molar-refractivity contribution in [1.82, 2.24) is 0 Å². The van der Waals surface area contributed by atoms with Gasteiger partial charge in [-0.25, -0.2) is 4.42 Å². The smallest absolute Gasteiger partial charge is 0.360 e. The summed E-state index contributed by atoms with van der Waals surface area (Å²) in [6.07, 6.45) is 3.90. The van der Waals surface area contributed by atoms with E-state index in [-0.39, 0.29) is 0 Å². The van der Waals surface area contributed by atoms with Crippen LogP contribution < -0.4 is 18.9 Å². The minimum absolute atomic E-state index is 0.657. The average Bonchev–Trinajstić information content (AvgIpc) is 2.70. The van der Waals surface area contributed by atoms with Gasteiger partial charge in [-0.2, -0.15) is 0 Å². The van der Waals surface area contributed by atoms with Gasteiger partial charge in [0.1, 0.15) is 0 Å². The van der Waals surface area contributed by atoms with E-state index >= 15 is 0 Å². The molecule has 0 N–H and O–H groups in total. The fourth-order valence-corrected chi connectivity index (χ4v) is 2.96. The Balaban J connectivity index is 2.07. The van der Waals surface area contributed by atoms with Crippen LogP contribution in [0.5, 0.6) is 23.0 Å². The largest absolute Gasteiger partial charge is 0.493 e. The molecule has 27 heavy (non-hydrogen) atoms. The third-order valence-electron chi connectivity index (χ3n) is 4.29. The lowest BCUT2D eigenvalue weighted by atomic mass is 10.1. The Labute approximate surface area is 158 Å². The lowest BCUT2D eigenvalue weighted by Gasteiger charge is -2.08. The Morgan fingerprint density at radius 2 is 1.33 bits per heavy atom. The molecular weight excluding hydrogens is 344 g/mol.